The van der Waals surface area contributed by atoms with Crippen molar-refractivity contribution in [3.8, 4) is 5.75 Å². The van der Waals surface area contributed by atoms with Gasteiger partial charge in [0, 0.05) is 13.1 Å². The summed E-state index contributed by atoms with van der Waals surface area (Å²) >= 11 is 0. The van der Waals surface area contributed by atoms with Crippen molar-refractivity contribution in [1.82, 2.24) is 9.97 Å². The maximum Gasteiger partial charge on any atom is 0.204 e. The van der Waals surface area contributed by atoms with Crippen LogP contribution < -0.4 is 15.4 Å². The third-order valence-electron chi connectivity index (χ3n) is 4.24. The van der Waals surface area contributed by atoms with Crippen molar-refractivity contribution in [3.05, 3.63) is 6.33 Å². The summed E-state index contributed by atoms with van der Waals surface area (Å²) in [5.74, 6) is 3.98. The molecule has 1 heterocycles. The molecule has 0 radical (unpaired) electrons. The van der Waals surface area contributed by atoms with E-state index in [2.05, 4.69) is 27.5 Å². The lowest BCUT2D eigenvalue weighted by atomic mass is 9.81. The Hall–Kier alpha value is -1.52. The van der Waals surface area contributed by atoms with Crippen LogP contribution in [0.1, 0.15) is 46.0 Å². The van der Waals surface area contributed by atoms with Crippen molar-refractivity contribution in [2.24, 2.45) is 11.8 Å². The van der Waals surface area contributed by atoms with Crippen LogP contribution in [0.15, 0.2) is 6.33 Å². The van der Waals surface area contributed by atoms with Crippen LogP contribution in [0.3, 0.4) is 0 Å². The number of nitrogens with zero attached hydrogens (tertiary/aromatic N) is 2. The highest BCUT2D eigenvalue weighted by Crippen LogP contribution is 2.32. The van der Waals surface area contributed by atoms with Crippen LogP contribution in [0.25, 0.3) is 0 Å². The molecule has 2 rings (SSSR count). The van der Waals surface area contributed by atoms with Crippen LogP contribution in [0.2, 0.25) is 0 Å². The number of methoxy groups -OCH3 is 1. The minimum absolute atomic E-state index is 0.705. The number of hydrogen-bond donors (Lipinski definition) is 2. The molecular weight excluding hydrogens is 264 g/mol. The molecule has 2 N–H and O–H groups in total. The maximum absolute atomic E-state index is 5.44. The second-order valence-corrected chi connectivity index (χ2v) is 5.99. The van der Waals surface area contributed by atoms with Gasteiger partial charge in [-0.3, -0.25) is 0 Å². The number of nitrogens with one attached hydrogen (secondary N) is 2. The number of aromatic nitrogens is 2. The molecule has 1 aliphatic rings. The molecule has 1 saturated carbocycles. The van der Waals surface area contributed by atoms with Gasteiger partial charge in [-0.1, -0.05) is 26.2 Å². The molecule has 0 saturated heterocycles. The summed E-state index contributed by atoms with van der Waals surface area (Å²) in [5, 5.41) is 6.61. The Labute approximate surface area is 127 Å². The Kier molecular flexibility index (Phi) is 6.08. The van der Waals surface area contributed by atoms with Crippen LogP contribution in [-0.2, 0) is 0 Å². The Balaban J connectivity index is 1.89. The summed E-state index contributed by atoms with van der Waals surface area (Å²) in [6, 6.07) is 0. The molecule has 2 unspecified atom stereocenters. The Bertz CT molecular complexity index is 438. The van der Waals surface area contributed by atoms with E-state index in [1.165, 1.54) is 32.1 Å². The quantitative estimate of drug-likeness (QED) is 0.805. The summed E-state index contributed by atoms with van der Waals surface area (Å²) in [6.07, 6.45) is 8.29. The zero-order valence-corrected chi connectivity index (χ0v) is 13.5. The minimum atomic E-state index is 0.705. The van der Waals surface area contributed by atoms with Gasteiger partial charge in [0.1, 0.15) is 6.33 Å². The van der Waals surface area contributed by atoms with Crippen molar-refractivity contribution < 1.29 is 4.74 Å². The van der Waals surface area contributed by atoms with Gasteiger partial charge < -0.3 is 15.4 Å². The van der Waals surface area contributed by atoms with E-state index in [-0.39, 0.29) is 0 Å². The molecule has 1 aromatic rings. The van der Waals surface area contributed by atoms with Crippen molar-refractivity contribution in [1.29, 1.82) is 0 Å². The molecule has 0 aliphatic heterocycles. The van der Waals surface area contributed by atoms with Gasteiger partial charge >= 0.3 is 0 Å². The highest BCUT2D eigenvalue weighted by molar-refractivity contribution is 5.63. The molecule has 5 heteroatoms. The minimum Gasteiger partial charge on any atom is -0.490 e. The standard InChI is InChI=1S/C16H28N4O/c1-4-17-15-14(21-3)16(20-11-19-15)18-9-8-13-7-5-6-12(2)10-13/h11-13H,4-10H2,1-3H3,(H2,17,18,19,20). The van der Waals surface area contributed by atoms with Gasteiger partial charge in [-0.15, -0.1) is 0 Å². The van der Waals surface area contributed by atoms with E-state index >= 15 is 0 Å². The number of anilines is 2. The van der Waals surface area contributed by atoms with E-state index in [9.17, 15) is 0 Å². The molecule has 0 aromatic carbocycles. The smallest absolute Gasteiger partial charge is 0.204 e. The monoisotopic (exact) mass is 292 g/mol. The van der Waals surface area contributed by atoms with Crippen LogP contribution in [0.4, 0.5) is 11.6 Å². The number of rotatable bonds is 7. The zero-order chi connectivity index (χ0) is 15.1. The fourth-order valence-corrected chi connectivity index (χ4v) is 3.20. The number of hydrogen-bond acceptors (Lipinski definition) is 5. The van der Waals surface area contributed by atoms with Crippen molar-refractivity contribution in [2.45, 2.75) is 46.0 Å². The summed E-state index contributed by atoms with van der Waals surface area (Å²) in [6.45, 7) is 6.16. The predicted octanol–water partition coefficient (Wildman–Crippen LogP) is 3.55. The Morgan fingerprint density at radius 1 is 1.24 bits per heavy atom. The Morgan fingerprint density at radius 3 is 2.67 bits per heavy atom. The zero-order valence-electron chi connectivity index (χ0n) is 13.5. The van der Waals surface area contributed by atoms with Crippen molar-refractivity contribution in [2.75, 3.05) is 30.8 Å². The van der Waals surface area contributed by atoms with Crippen LogP contribution in [-0.4, -0.2) is 30.2 Å². The van der Waals surface area contributed by atoms with E-state index < -0.39 is 0 Å². The highest BCUT2D eigenvalue weighted by Gasteiger charge is 2.19. The second kappa shape index (κ2) is 8.05. The van der Waals surface area contributed by atoms with Crippen molar-refractivity contribution in [3.63, 3.8) is 0 Å². The van der Waals surface area contributed by atoms with Gasteiger partial charge in [0.05, 0.1) is 7.11 Å². The fraction of sp³-hybridized carbons (Fsp3) is 0.750. The second-order valence-electron chi connectivity index (χ2n) is 5.99. The van der Waals surface area contributed by atoms with Crippen LogP contribution >= 0.6 is 0 Å². The molecule has 1 aromatic heterocycles. The SMILES string of the molecule is CCNc1ncnc(NCCC2CCCC(C)C2)c1OC. The average Bonchev–Trinajstić information content (AvgIpc) is 2.48. The highest BCUT2D eigenvalue weighted by atomic mass is 16.5. The molecule has 0 amide bonds. The summed E-state index contributed by atoms with van der Waals surface area (Å²) in [5.41, 5.74) is 0. The Morgan fingerprint density at radius 2 is 2.00 bits per heavy atom. The molecule has 1 fully saturated rings. The lowest BCUT2D eigenvalue weighted by molar-refractivity contribution is 0.274. The first-order chi connectivity index (χ1) is 10.2. The average molecular weight is 292 g/mol. The van der Waals surface area contributed by atoms with E-state index in [4.69, 9.17) is 4.74 Å². The molecule has 0 spiro atoms. The fourth-order valence-electron chi connectivity index (χ4n) is 3.20. The first-order valence-corrected chi connectivity index (χ1v) is 8.11. The molecule has 2 atom stereocenters. The largest absolute Gasteiger partial charge is 0.490 e. The lowest BCUT2D eigenvalue weighted by Gasteiger charge is -2.26. The van der Waals surface area contributed by atoms with Gasteiger partial charge in [0.25, 0.3) is 0 Å². The summed E-state index contributed by atoms with van der Waals surface area (Å²) < 4.78 is 5.44. The molecule has 118 valence electrons. The van der Waals surface area contributed by atoms with Gasteiger partial charge in [-0.25, -0.2) is 9.97 Å². The van der Waals surface area contributed by atoms with Gasteiger partial charge in [-0.2, -0.15) is 0 Å². The predicted molar refractivity (Wildman–Crippen MR) is 87.0 cm³/mol. The molecule has 0 bridgehead atoms. The van der Waals surface area contributed by atoms with E-state index in [0.717, 1.165) is 36.6 Å². The van der Waals surface area contributed by atoms with Crippen LogP contribution in [0.5, 0.6) is 5.75 Å². The summed E-state index contributed by atoms with van der Waals surface area (Å²) in [7, 11) is 1.66. The van der Waals surface area contributed by atoms with Gasteiger partial charge in [-0.05, 0) is 31.6 Å². The first-order valence-electron chi connectivity index (χ1n) is 8.11. The summed E-state index contributed by atoms with van der Waals surface area (Å²) in [4.78, 5) is 8.52. The van der Waals surface area contributed by atoms with Gasteiger partial charge in [0.15, 0.2) is 11.6 Å². The van der Waals surface area contributed by atoms with Crippen molar-refractivity contribution >= 4 is 11.6 Å². The maximum atomic E-state index is 5.44. The topological polar surface area (TPSA) is 59.1 Å². The third kappa shape index (κ3) is 4.48. The van der Waals surface area contributed by atoms with Crippen LogP contribution in [0, 0.1) is 11.8 Å². The molecule has 21 heavy (non-hydrogen) atoms. The number of ether oxygens (including phenoxy) is 1. The van der Waals surface area contributed by atoms with Gasteiger partial charge in [0.2, 0.25) is 5.75 Å². The molecular formula is C16H28N4O. The van der Waals surface area contributed by atoms with E-state index in [1.54, 1.807) is 13.4 Å². The van der Waals surface area contributed by atoms with E-state index in [0.29, 0.717) is 5.75 Å². The third-order valence-corrected chi connectivity index (χ3v) is 4.24. The molecule has 1 aliphatic carbocycles. The lowest BCUT2D eigenvalue weighted by Crippen LogP contribution is -2.17. The normalized spacial score (nSPS) is 21.9. The first kappa shape index (κ1) is 15.9. The van der Waals surface area contributed by atoms with E-state index in [1.807, 2.05) is 6.92 Å². The molecule has 5 nitrogen and oxygen atoms in total.